The van der Waals surface area contributed by atoms with Crippen LogP contribution < -0.4 is 15.5 Å². The van der Waals surface area contributed by atoms with E-state index >= 15 is 0 Å². The molecule has 2 aromatic carbocycles. The van der Waals surface area contributed by atoms with Gasteiger partial charge in [-0.3, -0.25) is 9.59 Å². The van der Waals surface area contributed by atoms with Gasteiger partial charge in [-0.25, -0.2) is 0 Å². The lowest BCUT2D eigenvalue weighted by atomic mass is 9.97. The van der Waals surface area contributed by atoms with Crippen LogP contribution in [-0.4, -0.2) is 32.0 Å². The minimum Gasteiger partial charge on any atom is -0.322 e. The standard InChI is InChI=1S/C22H26F3N3O2/c1-4-15(2)16-9-5-7-11-18(16)26-20(29)13-28(3)14-21(30)27-19-12-8-6-10-17(19)22(23,24)25/h5-12,15H,4,13-14H2,1-3H3,(H,26,29)(H,27,30)/p+1/t15-/m0/s1. The van der Waals surface area contributed by atoms with E-state index in [4.69, 9.17) is 0 Å². The third-order valence-corrected chi connectivity index (χ3v) is 4.81. The lowest BCUT2D eigenvalue weighted by Crippen LogP contribution is -3.11. The molecule has 0 fully saturated rings. The Bertz CT molecular complexity index is 884. The fraction of sp³-hybridized carbons (Fsp3) is 0.364. The second kappa shape index (κ2) is 10.2. The summed E-state index contributed by atoms with van der Waals surface area (Å²) in [6.07, 6.45) is -3.64. The third-order valence-electron chi connectivity index (χ3n) is 4.81. The highest BCUT2D eigenvalue weighted by atomic mass is 19.4. The van der Waals surface area contributed by atoms with Crippen molar-refractivity contribution < 1.29 is 27.7 Å². The van der Waals surface area contributed by atoms with Gasteiger partial charge in [0, 0.05) is 5.69 Å². The van der Waals surface area contributed by atoms with Gasteiger partial charge in [0.05, 0.1) is 18.3 Å². The smallest absolute Gasteiger partial charge is 0.322 e. The van der Waals surface area contributed by atoms with Crippen LogP contribution in [0.4, 0.5) is 24.5 Å². The minimum atomic E-state index is -4.56. The number of halogens is 3. The monoisotopic (exact) mass is 422 g/mol. The first-order valence-electron chi connectivity index (χ1n) is 9.78. The van der Waals surface area contributed by atoms with Gasteiger partial charge in [-0.1, -0.05) is 44.2 Å². The molecule has 0 heterocycles. The number of para-hydroxylation sites is 2. The summed E-state index contributed by atoms with van der Waals surface area (Å²) in [7, 11) is 1.63. The lowest BCUT2D eigenvalue weighted by Gasteiger charge is -2.18. The van der Waals surface area contributed by atoms with E-state index in [0.29, 0.717) is 4.90 Å². The molecule has 8 heteroatoms. The molecule has 162 valence electrons. The van der Waals surface area contributed by atoms with Gasteiger partial charge < -0.3 is 15.5 Å². The Balaban J connectivity index is 1.94. The predicted octanol–water partition coefficient (Wildman–Crippen LogP) is 3.31. The summed E-state index contributed by atoms with van der Waals surface area (Å²) in [5.74, 6) is -0.588. The van der Waals surface area contributed by atoms with Crippen molar-refractivity contribution in [3.05, 3.63) is 59.7 Å². The first kappa shape index (κ1) is 23.4. The molecule has 2 rings (SSSR count). The summed E-state index contributed by atoms with van der Waals surface area (Å²) in [5, 5.41) is 5.16. The molecule has 0 aliphatic rings. The van der Waals surface area contributed by atoms with E-state index in [1.54, 1.807) is 7.05 Å². The van der Waals surface area contributed by atoms with Crippen molar-refractivity contribution in [2.45, 2.75) is 32.4 Å². The lowest BCUT2D eigenvalue weighted by molar-refractivity contribution is -0.862. The zero-order valence-electron chi connectivity index (χ0n) is 17.3. The molecule has 0 saturated heterocycles. The molecule has 0 aliphatic heterocycles. The normalized spacial score (nSPS) is 13.4. The van der Waals surface area contributed by atoms with Gasteiger partial charge in [0.25, 0.3) is 11.8 Å². The van der Waals surface area contributed by atoms with Crippen LogP contribution in [0.15, 0.2) is 48.5 Å². The van der Waals surface area contributed by atoms with Gasteiger partial charge in [0.1, 0.15) is 0 Å². The van der Waals surface area contributed by atoms with E-state index in [2.05, 4.69) is 24.5 Å². The quantitative estimate of drug-likeness (QED) is 0.611. The number of nitrogens with one attached hydrogen (secondary N) is 3. The molecule has 1 unspecified atom stereocenters. The summed E-state index contributed by atoms with van der Waals surface area (Å²) >= 11 is 0. The van der Waals surface area contributed by atoms with E-state index in [0.717, 1.165) is 23.7 Å². The molecular weight excluding hydrogens is 395 g/mol. The van der Waals surface area contributed by atoms with Crippen LogP contribution in [0.3, 0.4) is 0 Å². The Morgan fingerprint density at radius 3 is 2.00 bits per heavy atom. The average Bonchev–Trinajstić information content (AvgIpc) is 2.67. The molecule has 0 spiro atoms. The Labute approximate surface area is 174 Å². The van der Waals surface area contributed by atoms with Crippen molar-refractivity contribution in [3.8, 4) is 0 Å². The maximum Gasteiger partial charge on any atom is 0.418 e. The molecule has 2 aromatic rings. The van der Waals surface area contributed by atoms with Gasteiger partial charge in [-0.15, -0.1) is 0 Å². The van der Waals surface area contributed by atoms with Gasteiger partial charge in [-0.05, 0) is 36.1 Å². The molecule has 5 nitrogen and oxygen atoms in total. The maximum atomic E-state index is 13.0. The molecular formula is C22H27F3N3O2+. The number of rotatable bonds is 8. The van der Waals surface area contributed by atoms with Crippen molar-refractivity contribution in [1.82, 2.24) is 0 Å². The van der Waals surface area contributed by atoms with Gasteiger partial charge in [0.15, 0.2) is 13.1 Å². The number of likely N-dealkylation sites (N-methyl/N-ethyl adjacent to an activating group) is 1. The van der Waals surface area contributed by atoms with Gasteiger partial charge >= 0.3 is 6.18 Å². The predicted molar refractivity (Wildman–Crippen MR) is 110 cm³/mol. The number of quaternary nitrogens is 1. The number of alkyl halides is 3. The summed E-state index contributed by atoms with van der Waals surface area (Å²) < 4.78 is 39.1. The molecule has 0 radical (unpaired) electrons. The molecule has 0 aliphatic carbocycles. The third kappa shape index (κ3) is 6.59. The average molecular weight is 422 g/mol. The first-order chi connectivity index (χ1) is 14.1. The van der Waals surface area contributed by atoms with Crippen molar-refractivity contribution in [1.29, 1.82) is 0 Å². The van der Waals surface area contributed by atoms with E-state index in [9.17, 15) is 22.8 Å². The van der Waals surface area contributed by atoms with Crippen LogP contribution in [-0.2, 0) is 15.8 Å². The number of anilines is 2. The summed E-state index contributed by atoms with van der Waals surface area (Å²) in [4.78, 5) is 25.1. The van der Waals surface area contributed by atoms with Crippen LogP contribution in [0.25, 0.3) is 0 Å². The van der Waals surface area contributed by atoms with E-state index in [1.807, 2.05) is 24.3 Å². The van der Waals surface area contributed by atoms with Crippen LogP contribution in [0.1, 0.15) is 37.3 Å². The zero-order valence-corrected chi connectivity index (χ0v) is 17.3. The van der Waals surface area contributed by atoms with Crippen molar-refractivity contribution >= 4 is 23.2 Å². The highest BCUT2D eigenvalue weighted by molar-refractivity contribution is 5.94. The number of amides is 2. The number of carbonyl (C=O) groups is 2. The molecule has 2 amide bonds. The fourth-order valence-electron chi connectivity index (χ4n) is 3.10. The van der Waals surface area contributed by atoms with Crippen molar-refractivity contribution in [2.75, 3.05) is 30.8 Å². The number of benzene rings is 2. The summed E-state index contributed by atoms with van der Waals surface area (Å²) in [6, 6.07) is 12.3. The minimum absolute atomic E-state index is 0.00315. The Kier molecular flexibility index (Phi) is 8.00. The fourth-order valence-corrected chi connectivity index (χ4v) is 3.10. The molecule has 2 atom stereocenters. The van der Waals surface area contributed by atoms with Crippen LogP contribution in [0.5, 0.6) is 0 Å². The molecule has 0 bridgehead atoms. The summed E-state index contributed by atoms with van der Waals surface area (Å²) in [6.45, 7) is 4.00. The molecule has 0 aromatic heterocycles. The largest absolute Gasteiger partial charge is 0.418 e. The van der Waals surface area contributed by atoms with E-state index in [1.165, 1.54) is 18.2 Å². The highest BCUT2D eigenvalue weighted by Crippen LogP contribution is 2.34. The van der Waals surface area contributed by atoms with Crippen LogP contribution in [0, 0.1) is 0 Å². The highest BCUT2D eigenvalue weighted by Gasteiger charge is 2.33. The number of hydrogen-bond donors (Lipinski definition) is 3. The van der Waals surface area contributed by atoms with E-state index in [-0.39, 0.29) is 30.6 Å². The maximum absolute atomic E-state index is 13.0. The van der Waals surface area contributed by atoms with Gasteiger partial charge in [-0.2, -0.15) is 13.2 Å². The Morgan fingerprint density at radius 2 is 1.43 bits per heavy atom. The SMILES string of the molecule is CC[C@H](C)c1ccccc1NC(=O)C[NH+](C)CC(=O)Nc1ccccc1C(F)(F)F. The topological polar surface area (TPSA) is 62.6 Å². The summed E-state index contributed by atoms with van der Waals surface area (Å²) in [5.41, 5.74) is 0.561. The molecule has 3 N–H and O–H groups in total. The molecule has 0 saturated carbocycles. The zero-order chi connectivity index (χ0) is 22.3. The Hall–Kier alpha value is -2.87. The van der Waals surface area contributed by atoms with Crippen molar-refractivity contribution in [3.63, 3.8) is 0 Å². The number of carbonyl (C=O) groups excluding carboxylic acids is 2. The van der Waals surface area contributed by atoms with Crippen LogP contribution in [0.2, 0.25) is 0 Å². The molecule has 30 heavy (non-hydrogen) atoms. The van der Waals surface area contributed by atoms with E-state index < -0.39 is 17.6 Å². The Morgan fingerprint density at radius 1 is 0.933 bits per heavy atom. The van der Waals surface area contributed by atoms with Crippen molar-refractivity contribution in [2.24, 2.45) is 0 Å². The second-order valence-electron chi connectivity index (χ2n) is 7.35. The first-order valence-corrected chi connectivity index (χ1v) is 9.78. The van der Waals surface area contributed by atoms with Gasteiger partial charge in [0.2, 0.25) is 0 Å². The number of hydrogen-bond acceptors (Lipinski definition) is 2. The second-order valence-corrected chi connectivity index (χ2v) is 7.35. The van der Waals surface area contributed by atoms with Crippen LogP contribution >= 0.6 is 0 Å².